The minimum absolute atomic E-state index is 0.465. The first-order chi connectivity index (χ1) is 36.2. The van der Waals surface area contributed by atoms with E-state index in [1.54, 1.807) is 0 Å². The van der Waals surface area contributed by atoms with Crippen molar-refractivity contribution >= 4 is 49.8 Å². The van der Waals surface area contributed by atoms with E-state index in [1.807, 2.05) is 12.1 Å². The number of hydrogen-bond acceptors (Lipinski definition) is 2. The van der Waals surface area contributed by atoms with Crippen molar-refractivity contribution in [3.05, 3.63) is 307 Å². The molecule has 0 atom stereocenters. The maximum absolute atomic E-state index is 6.23. The van der Waals surface area contributed by atoms with Crippen LogP contribution in [0.15, 0.2) is 290 Å². The zero-order chi connectivity index (χ0) is 48.3. The Balaban J connectivity index is 0.863. The van der Waals surface area contributed by atoms with Gasteiger partial charge in [0.2, 0.25) is 0 Å². The lowest BCUT2D eigenvalue weighted by Crippen LogP contribution is -2.28. The van der Waals surface area contributed by atoms with Crippen LogP contribution in [0.4, 0.5) is 17.1 Å². The second kappa shape index (κ2) is 17.4. The van der Waals surface area contributed by atoms with Crippen molar-refractivity contribution in [2.75, 3.05) is 4.90 Å². The van der Waals surface area contributed by atoms with Crippen LogP contribution in [0, 0.1) is 0 Å². The maximum Gasteiger partial charge on any atom is 0.135 e. The van der Waals surface area contributed by atoms with Gasteiger partial charge >= 0.3 is 0 Å². The summed E-state index contributed by atoms with van der Waals surface area (Å²) >= 11 is 0. The summed E-state index contributed by atoms with van der Waals surface area (Å²) in [5, 5.41) is 4.75. The first-order valence-electron chi connectivity index (χ1n) is 25.1. The van der Waals surface area contributed by atoms with Gasteiger partial charge in [0.05, 0.1) is 5.41 Å². The molecule has 0 saturated heterocycles. The van der Waals surface area contributed by atoms with Gasteiger partial charge in [0.15, 0.2) is 0 Å². The van der Waals surface area contributed by atoms with E-state index in [9.17, 15) is 0 Å². The first-order valence-corrected chi connectivity index (χ1v) is 25.1. The summed E-state index contributed by atoms with van der Waals surface area (Å²) in [6, 6.07) is 104. The molecule has 13 aromatic rings. The Morgan fingerprint density at radius 2 is 0.781 bits per heavy atom. The molecule has 0 unspecified atom stereocenters. The topological polar surface area (TPSA) is 16.4 Å². The van der Waals surface area contributed by atoms with Gasteiger partial charge in [-0.05, 0) is 149 Å². The van der Waals surface area contributed by atoms with E-state index in [0.29, 0.717) is 0 Å². The summed E-state index contributed by atoms with van der Waals surface area (Å²) in [4.78, 5) is 2.38. The number of anilines is 3. The molecule has 1 aliphatic carbocycles. The number of fused-ring (bicyclic) bond motifs is 7. The van der Waals surface area contributed by atoms with Crippen LogP contribution in [0.1, 0.15) is 22.3 Å². The van der Waals surface area contributed by atoms with Crippen molar-refractivity contribution in [1.29, 1.82) is 0 Å². The highest BCUT2D eigenvalue weighted by molar-refractivity contribution is 6.06. The number of hydrogen-bond donors (Lipinski definition) is 0. The molecule has 12 aromatic carbocycles. The highest BCUT2D eigenvalue weighted by Gasteiger charge is 2.46. The van der Waals surface area contributed by atoms with Crippen LogP contribution in [-0.2, 0) is 5.41 Å². The van der Waals surface area contributed by atoms with Gasteiger partial charge in [0.1, 0.15) is 11.2 Å². The van der Waals surface area contributed by atoms with E-state index in [-0.39, 0.29) is 0 Å². The van der Waals surface area contributed by atoms with Crippen LogP contribution in [0.3, 0.4) is 0 Å². The second-order valence-corrected chi connectivity index (χ2v) is 19.2. The fraction of sp³-hybridized carbons (Fsp3) is 0.0141. The van der Waals surface area contributed by atoms with E-state index in [4.69, 9.17) is 4.42 Å². The van der Waals surface area contributed by atoms with Gasteiger partial charge in [-0.15, -0.1) is 0 Å². The summed E-state index contributed by atoms with van der Waals surface area (Å²) in [6.45, 7) is 0. The zero-order valence-electron chi connectivity index (χ0n) is 40.0. The summed E-state index contributed by atoms with van der Waals surface area (Å²) in [5.41, 5.74) is 21.7. The van der Waals surface area contributed by atoms with E-state index >= 15 is 0 Å². The molecular formula is C71H47NO. The summed E-state index contributed by atoms with van der Waals surface area (Å²) in [5.74, 6) is 0. The smallest absolute Gasteiger partial charge is 0.135 e. The van der Waals surface area contributed by atoms with Crippen molar-refractivity contribution in [2.45, 2.75) is 5.41 Å². The van der Waals surface area contributed by atoms with Crippen LogP contribution in [0.25, 0.3) is 88.3 Å². The summed E-state index contributed by atoms with van der Waals surface area (Å²) in [7, 11) is 0. The highest BCUT2D eigenvalue weighted by Crippen LogP contribution is 2.58. The SMILES string of the molecule is c1ccc(C2(c3ccccc3)c3ccccc3-c3c(-c4ccc(N(c5ccc(-c6ccc(-c7ccc8ccccc8c7)cc6)cc5)c5cccc(-c6ccc7oc8ccccc8c7c6)c5)cc4)cccc32)cc1. The minimum atomic E-state index is -0.465. The number of para-hydroxylation sites is 1. The summed E-state index contributed by atoms with van der Waals surface area (Å²) in [6.07, 6.45) is 0. The Kier molecular flexibility index (Phi) is 10.1. The highest BCUT2D eigenvalue weighted by atomic mass is 16.3. The minimum Gasteiger partial charge on any atom is -0.456 e. The van der Waals surface area contributed by atoms with E-state index < -0.39 is 5.41 Å². The van der Waals surface area contributed by atoms with Crippen LogP contribution in [-0.4, -0.2) is 0 Å². The monoisotopic (exact) mass is 929 g/mol. The molecule has 0 N–H and O–H groups in total. The zero-order valence-corrected chi connectivity index (χ0v) is 40.0. The van der Waals surface area contributed by atoms with Gasteiger partial charge in [-0.25, -0.2) is 0 Å². The Hall–Kier alpha value is -9.50. The van der Waals surface area contributed by atoms with Gasteiger partial charge in [-0.3, -0.25) is 0 Å². The molecule has 0 bridgehead atoms. The molecular weight excluding hydrogens is 883 g/mol. The van der Waals surface area contributed by atoms with Gasteiger partial charge < -0.3 is 9.32 Å². The molecule has 1 aliphatic rings. The summed E-state index contributed by atoms with van der Waals surface area (Å²) < 4.78 is 6.23. The van der Waals surface area contributed by atoms with E-state index in [2.05, 4.69) is 278 Å². The molecule has 0 fully saturated rings. The first kappa shape index (κ1) is 42.4. The number of nitrogens with zero attached hydrogens (tertiary/aromatic N) is 1. The fourth-order valence-electron chi connectivity index (χ4n) is 11.7. The molecule has 0 amide bonds. The van der Waals surface area contributed by atoms with E-state index in [0.717, 1.165) is 50.1 Å². The lowest BCUT2D eigenvalue weighted by Gasteiger charge is -2.34. The molecule has 0 aliphatic heterocycles. The quantitative estimate of drug-likeness (QED) is 0.143. The van der Waals surface area contributed by atoms with Crippen molar-refractivity contribution < 1.29 is 4.42 Å². The van der Waals surface area contributed by atoms with Gasteiger partial charge in [-0.2, -0.15) is 0 Å². The van der Waals surface area contributed by atoms with Crippen LogP contribution in [0.2, 0.25) is 0 Å². The van der Waals surface area contributed by atoms with Gasteiger partial charge in [0, 0.05) is 27.8 Å². The van der Waals surface area contributed by atoms with Crippen molar-refractivity contribution in [2.24, 2.45) is 0 Å². The Labute approximate surface area is 425 Å². The third kappa shape index (κ3) is 7.10. The number of furan rings is 1. The Bertz CT molecular complexity index is 4130. The van der Waals surface area contributed by atoms with Gasteiger partial charge in [0.25, 0.3) is 0 Å². The van der Waals surface area contributed by atoms with Crippen LogP contribution >= 0.6 is 0 Å². The molecule has 0 saturated carbocycles. The Morgan fingerprint density at radius 3 is 1.52 bits per heavy atom. The third-order valence-corrected chi connectivity index (χ3v) is 15.2. The van der Waals surface area contributed by atoms with Crippen LogP contribution in [0.5, 0.6) is 0 Å². The van der Waals surface area contributed by atoms with E-state index in [1.165, 1.54) is 77.5 Å². The average Bonchev–Trinajstić information content (AvgIpc) is 4.00. The molecule has 2 heteroatoms. The normalized spacial score (nSPS) is 12.5. The van der Waals surface area contributed by atoms with Gasteiger partial charge in [-0.1, -0.05) is 224 Å². The molecule has 342 valence electrons. The largest absolute Gasteiger partial charge is 0.456 e. The van der Waals surface area contributed by atoms with Crippen LogP contribution < -0.4 is 4.90 Å². The molecule has 0 spiro atoms. The molecule has 73 heavy (non-hydrogen) atoms. The lowest BCUT2D eigenvalue weighted by molar-refractivity contribution is 0.669. The predicted molar refractivity (Wildman–Crippen MR) is 305 cm³/mol. The molecule has 14 rings (SSSR count). The molecule has 1 heterocycles. The van der Waals surface area contributed by atoms with Crippen molar-refractivity contribution in [3.63, 3.8) is 0 Å². The number of rotatable bonds is 9. The number of benzene rings is 12. The molecule has 0 radical (unpaired) electrons. The maximum atomic E-state index is 6.23. The van der Waals surface area contributed by atoms with Crippen molar-refractivity contribution in [3.8, 4) is 55.6 Å². The molecule has 2 nitrogen and oxygen atoms in total. The molecule has 1 aromatic heterocycles. The standard InChI is InChI=1S/C71H47NO/c1-3-18-57(19-4-1)71(58-20-5-2-6-21-58)66-26-11-9-24-64(66)70-62(25-14-27-67(70)71)52-37-42-60(43-38-52)72(61-22-13-17-54(46-61)56-39-44-69-65(47-56)63-23-10-12-28-68(63)73-69)59-40-35-50(36-41-59)49-29-31-51(32-30-49)55-34-33-48-15-7-8-16-53(48)45-55/h1-47H. The second-order valence-electron chi connectivity index (χ2n) is 19.2. The third-order valence-electron chi connectivity index (χ3n) is 15.2. The fourth-order valence-corrected chi connectivity index (χ4v) is 11.7. The van der Waals surface area contributed by atoms with Crippen molar-refractivity contribution in [1.82, 2.24) is 0 Å². The Morgan fingerprint density at radius 1 is 0.274 bits per heavy atom. The average molecular weight is 930 g/mol. The lowest BCUT2D eigenvalue weighted by atomic mass is 9.67. The predicted octanol–water partition coefficient (Wildman–Crippen LogP) is 19.2.